The molecule has 0 saturated heterocycles. The number of pyridine rings is 1. The number of rotatable bonds is 5. The summed E-state index contributed by atoms with van der Waals surface area (Å²) in [6.45, 7) is 3.95. The minimum Gasteiger partial charge on any atom is -0.497 e. The van der Waals surface area contributed by atoms with E-state index in [1.807, 2.05) is 44.2 Å². The summed E-state index contributed by atoms with van der Waals surface area (Å²) in [6.07, 6.45) is 1.79. The van der Waals surface area contributed by atoms with Gasteiger partial charge in [-0.3, -0.25) is 5.10 Å². The number of H-pyrrole nitrogens is 1. The molecular weight excluding hydrogens is 280 g/mol. The summed E-state index contributed by atoms with van der Waals surface area (Å²) in [5.74, 6) is 2.75. The van der Waals surface area contributed by atoms with Gasteiger partial charge in [0.2, 0.25) is 5.88 Å². The van der Waals surface area contributed by atoms with Crippen LogP contribution in [0.3, 0.4) is 0 Å². The van der Waals surface area contributed by atoms with Crippen LogP contribution in [0.25, 0.3) is 10.8 Å². The first-order valence-corrected chi connectivity index (χ1v) is 7.08. The van der Waals surface area contributed by atoms with Crippen LogP contribution in [0.2, 0.25) is 0 Å². The number of nitrogens with one attached hydrogen (secondary N) is 2. The third kappa shape index (κ3) is 2.95. The monoisotopic (exact) mass is 298 g/mol. The Balaban J connectivity index is 2.08. The number of nitrogens with zero attached hydrogens (tertiary/aromatic N) is 2. The van der Waals surface area contributed by atoms with Gasteiger partial charge < -0.3 is 14.8 Å². The molecule has 2 aromatic heterocycles. The third-order valence-electron chi connectivity index (χ3n) is 3.11. The number of ether oxygens (including phenoxy) is 2. The van der Waals surface area contributed by atoms with Crippen molar-refractivity contribution in [1.82, 2.24) is 15.2 Å². The first-order valence-electron chi connectivity index (χ1n) is 7.08. The highest BCUT2D eigenvalue weighted by Gasteiger charge is 2.10. The Bertz CT molecular complexity index is 769. The SMILES string of the molecule is COc1ccc2c(OC(C)C)nc(Nc3cc[nH]n3)cc2c1. The lowest BCUT2D eigenvalue weighted by Gasteiger charge is -2.14. The molecule has 6 heteroatoms. The molecule has 3 rings (SSSR count). The summed E-state index contributed by atoms with van der Waals surface area (Å²) in [6, 6.07) is 9.59. The van der Waals surface area contributed by atoms with Gasteiger partial charge in [0.25, 0.3) is 0 Å². The zero-order chi connectivity index (χ0) is 15.5. The van der Waals surface area contributed by atoms with E-state index in [1.165, 1.54) is 0 Å². The fourth-order valence-electron chi connectivity index (χ4n) is 2.17. The molecule has 22 heavy (non-hydrogen) atoms. The summed E-state index contributed by atoms with van der Waals surface area (Å²) < 4.78 is 11.1. The predicted octanol–water partition coefficient (Wildman–Crippen LogP) is 3.50. The van der Waals surface area contributed by atoms with Crippen molar-refractivity contribution in [3.63, 3.8) is 0 Å². The standard InChI is InChI=1S/C16H18N4O2/c1-10(2)22-16-13-5-4-12(21-3)8-11(13)9-15(19-16)18-14-6-7-17-20-14/h4-10H,1-3H3,(H2,17,18,19,20). The Kier molecular flexibility index (Phi) is 3.82. The highest BCUT2D eigenvalue weighted by atomic mass is 16.5. The van der Waals surface area contributed by atoms with Gasteiger partial charge in [-0.1, -0.05) is 0 Å². The molecule has 0 bridgehead atoms. The number of anilines is 2. The van der Waals surface area contributed by atoms with Crippen molar-refractivity contribution in [2.75, 3.05) is 12.4 Å². The summed E-state index contributed by atoms with van der Waals surface area (Å²) >= 11 is 0. The predicted molar refractivity (Wildman–Crippen MR) is 85.9 cm³/mol. The van der Waals surface area contributed by atoms with Gasteiger partial charge in [0.1, 0.15) is 11.6 Å². The molecule has 0 unspecified atom stereocenters. The van der Waals surface area contributed by atoms with E-state index in [0.717, 1.165) is 16.5 Å². The average molecular weight is 298 g/mol. The van der Waals surface area contributed by atoms with E-state index < -0.39 is 0 Å². The molecule has 0 aliphatic rings. The molecule has 0 aliphatic carbocycles. The number of aromatic nitrogens is 3. The van der Waals surface area contributed by atoms with Crippen LogP contribution in [0.5, 0.6) is 11.6 Å². The normalized spacial score (nSPS) is 10.9. The van der Waals surface area contributed by atoms with Crippen LogP contribution in [0.1, 0.15) is 13.8 Å². The molecule has 3 aromatic rings. The maximum atomic E-state index is 5.84. The van der Waals surface area contributed by atoms with Crippen LogP contribution in [0, 0.1) is 0 Å². The lowest BCUT2D eigenvalue weighted by atomic mass is 10.1. The quantitative estimate of drug-likeness (QED) is 0.754. The summed E-state index contributed by atoms with van der Waals surface area (Å²) in [5.41, 5.74) is 0. The van der Waals surface area contributed by atoms with Crippen molar-refractivity contribution in [3.8, 4) is 11.6 Å². The van der Waals surface area contributed by atoms with Crippen molar-refractivity contribution in [3.05, 3.63) is 36.5 Å². The molecule has 0 atom stereocenters. The summed E-state index contributed by atoms with van der Waals surface area (Å²) in [7, 11) is 1.65. The first kappa shape index (κ1) is 14.2. The highest BCUT2D eigenvalue weighted by molar-refractivity contribution is 5.90. The lowest BCUT2D eigenvalue weighted by Crippen LogP contribution is -2.08. The molecule has 114 valence electrons. The number of hydrogen-bond acceptors (Lipinski definition) is 5. The zero-order valence-corrected chi connectivity index (χ0v) is 12.8. The van der Waals surface area contributed by atoms with E-state index in [9.17, 15) is 0 Å². The topological polar surface area (TPSA) is 72.1 Å². The van der Waals surface area contributed by atoms with Crippen LogP contribution < -0.4 is 14.8 Å². The fourth-order valence-corrected chi connectivity index (χ4v) is 2.17. The van der Waals surface area contributed by atoms with Crippen molar-refractivity contribution >= 4 is 22.4 Å². The Hall–Kier alpha value is -2.76. The van der Waals surface area contributed by atoms with E-state index in [2.05, 4.69) is 20.5 Å². The number of aromatic amines is 1. The Morgan fingerprint density at radius 3 is 2.68 bits per heavy atom. The van der Waals surface area contributed by atoms with Crippen molar-refractivity contribution in [2.24, 2.45) is 0 Å². The Morgan fingerprint density at radius 1 is 1.14 bits per heavy atom. The number of benzene rings is 1. The zero-order valence-electron chi connectivity index (χ0n) is 12.8. The van der Waals surface area contributed by atoms with Gasteiger partial charge in [-0.25, -0.2) is 0 Å². The number of fused-ring (bicyclic) bond motifs is 1. The van der Waals surface area contributed by atoms with Crippen LogP contribution in [0.4, 0.5) is 11.6 Å². The fraction of sp³-hybridized carbons (Fsp3) is 0.250. The summed E-state index contributed by atoms with van der Waals surface area (Å²) in [5, 5.41) is 11.9. The molecule has 0 radical (unpaired) electrons. The van der Waals surface area contributed by atoms with Gasteiger partial charge in [0.05, 0.1) is 13.2 Å². The lowest BCUT2D eigenvalue weighted by molar-refractivity contribution is 0.236. The van der Waals surface area contributed by atoms with Crippen molar-refractivity contribution < 1.29 is 9.47 Å². The number of hydrogen-bond donors (Lipinski definition) is 2. The molecule has 0 spiro atoms. The average Bonchev–Trinajstić information content (AvgIpc) is 2.99. The van der Waals surface area contributed by atoms with E-state index in [0.29, 0.717) is 17.5 Å². The molecule has 0 saturated carbocycles. The van der Waals surface area contributed by atoms with E-state index in [4.69, 9.17) is 9.47 Å². The van der Waals surface area contributed by atoms with E-state index in [1.54, 1.807) is 13.3 Å². The van der Waals surface area contributed by atoms with Crippen molar-refractivity contribution in [2.45, 2.75) is 20.0 Å². The van der Waals surface area contributed by atoms with Gasteiger partial charge in [0, 0.05) is 17.6 Å². The van der Waals surface area contributed by atoms with Crippen LogP contribution in [-0.4, -0.2) is 28.4 Å². The first-order chi connectivity index (χ1) is 10.7. The Labute approximate surface area is 128 Å². The van der Waals surface area contributed by atoms with Crippen LogP contribution >= 0.6 is 0 Å². The van der Waals surface area contributed by atoms with Crippen LogP contribution in [0.15, 0.2) is 36.5 Å². The van der Waals surface area contributed by atoms with Gasteiger partial charge in [-0.05, 0) is 43.5 Å². The summed E-state index contributed by atoms with van der Waals surface area (Å²) in [4.78, 5) is 4.54. The van der Waals surface area contributed by atoms with Gasteiger partial charge in [-0.2, -0.15) is 10.1 Å². The van der Waals surface area contributed by atoms with Gasteiger partial charge in [0.15, 0.2) is 5.82 Å². The third-order valence-corrected chi connectivity index (χ3v) is 3.11. The van der Waals surface area contributed by atoms with Gasteiger partial charge in [-0.15, -0.1) is 0 Å². The smallest absolute Gasteiger partial charge is 0.223 e. The highest BCUT2D eigenvalue weighted by Crippen LogP contribution is 2.31. The molecule has 0 fully saturated rings. The molecule has 2 N–H and O–H groups in total. The molecular formula is C16H18N4O2. The molecule has 6 nitrogen and oxygen atoms in total. The molecule has 0 aliphatic heterocycles. The maximum Gasteiger partial charge on any atom is 0.223 e. The Morgan fingerprint density at radius 2 is 2.00 bits per heavy atom. The minimum absolute atomic E-state index is 0.0402. The molecule has 1 aromatic carbocycles. The maximum absolute atomic E-state index is 5.84. The van der Waals surface area contributed by atoms with E-state index in [-0.39, 0.29) is 6.10 Å². The molecule has 2 heterocycles. The minimum atomic E-state index is 0.0402. The second-order valence-corrected chi connectivity index (χ2v) is 5.15. The number of methoxy groups -OCH3 is 1. The second-order valence-electron chi connectivity index (χ2n) is 5.15. The second kappa shape index (κ2) is 5.93. The van der Waals surface area contributed by atoms with Crippen LogP contribution in [-0.2, 0) is 0 Å². The van der Waals surface area contributed by atoms with Crippen molar-refractivity contribution in [1.29, 1.82) is 0 Å². The largest absolute Gasteiger partial charge is 0.497 e. The van der Waals surface area contributed by atoms with E-state index >= 15 is 0 Å². The van der Waals surface area contributed by atoms with Gasteiger partial charge >= 0.3 is 0 Å². The molecule has 0 amide bonds.